The van der Waals surface area contributed by atoms with Crippen LogP contribution in [0.2, 0.25) is 0 Å². The van der Waals surface area contributed by atoms with Crippen LogP contribution in [-0.4, -0.2) is 92.4 Å². The first kappa shape index (κ1) is 37.8. The van der Waals surface area contributed by atoms with Crippen LogP contribution in [0.3, 0.4) is 0 Å². The minimum atomic E-state index is -0.748. The fourth-order valence-corrected chi connectivity index (χ4v) is 4.70. The maximum Gasteiger partial charge on any atom is 0.447 e. The largest absolute Gasteiger partial charge is 0.447 e. The third-order valence-corrected chi connectivity index (χ3v) is 8.83. The fourth-order valence-electron chi connectivity index (χ4n) is 2.51. The number of nitrogens with zero attached hydrogens (tertiary/aromatic N) is 6. The van der Waals surface area contributed by atoms with Crippen molar-refractivity contribution in [2.45, 2.75) is 23.6 Å². The van der Waals surface area contributed by atoms with Crippen LogP contribution in [0.25, 0.3) is 0 Å². The minimum Gasteiger partial charge on any atom is -0.410 e. The molecular formula is C26H32N6O8S5. The average molecular weight is 717 g/mol. The van der Waals surface area contributed by atoms with Gasteiger partial charge < -0.3 is 9.47 Å². The second kappa shape index (κ2) is 19.2. The molecule has 4 amide bonds. The molecule has 0 atom stereocenters. The van der Waals surface area contributed by atoms with Crippen molar-refractivity contribution in [1.29, 1.82) is 0 Å². The molecule has 2 aromatic rings. The molecule has 244 valence electrons. The van der Waals surface area contributed by atoms with Crippen LogP contribution in [0.1, 0.15) is 13.8 Å². The molecule has 14 nitrogen and oxygen atoms in total. The van der Waals surface area contributed by atoms with Gasteiger partial charge in [0.2, 0.25) is 0 Å². The molecule has 2 rings (SSSR count). The van der Waals surface area contributed by atoms with E-state index in [4.69, 9.17) is 19.1 Å². The van der Waals surface area contributed by atoms with Crippen molar-refractivity contribution in [3.63, 3.8) is 0 Å². The Bertz CT molecular complexity index is 1280. The summed E-state index contributed by atoms with van der Waals surface area (Å²) in [6.45, 7) is 3.40. The highest BCUT2D eigenvalue weighted by atomic mass is 32.2. The van der Waals surface area contributed by atoms with E-state index in [1.165, 1.54) is 63.5 Å². The first-order valence-electron chi connectivity index (χ1n) is 12.5. The number of hydrogen-bond acceptors (Lipinski definition) is 15. The van der Waals surface area contributed by atoms with Gasteiger partial charge in [-0.25, -0.2) is 36.4 Å². The van der Waals surface area contributed by atoms with E-state index in [1.54, 1.807) is 74.9 Å². The molecule has 0 aliphatic rings. The van der Waals surface area contributed by atoms with Crippen molar-refractivity contribution in [3.05, 3.63) is 48.5 Å². The first-order chi connectivity index (χ1) is 21.3. The van der Waals surface area contributed by atoms with E-state index in [0.29, 0.717) is 21.6 Å². The lowest BCUT2D eigenvalue weighted by atomic mass is 10.3. The topological polar surface area (TPSA) is 143 Å². The molecule has 0 aliphatic heterocycles. The zero-order valence-electron chi connectivity index (χ0n) is 25.6. The van der Waals surface area contributed by atoms with Crippen molar-refractivity contribution in [2.24, 2.45) is 10.3 Å². The quantitative estimate of drug-likeness (QED) is 0.0795. The Morgan fingerprint density at radius 1 is 0.556 bits per heavy atom. The van der Waals surface area contributed by atoms with Crippen LogP contribution in [0, 0.1) is 0 Å². The zero-order valence-corrected chi connectivity index (χ0v) is 29.7. The summed E-state index contributed by atoms with van der Waals surface area (Å²) in [5, 5.41) is 8.48. The third-order valence-electron chi connectivity index (χ3n) is 4.91. The Hall–Kier alpha value is -3.39. The van der Waals surface area contributed by atoms with Crippen LogP contribution in [0.5, 0.6) is 11.5 Å². The van der Waals surface area contributed by atoms with Crippen LogP contribution >= 0.6 is 59.6 Å². The summed E-state index contributed by atoms with van der Waals surface area (Å²) in [6, 6.07) is 13.7. The van der Waals surface area contributed by atoms with Crippen molar-refractivity contribution in [3.8, 4) is 11.5 Å². The number of rotatable bonds is 10. The second-order valence-corrected chi connectivity index (χ2v) is 13.9. The number of benzene rings is 2. The van der Waals surface area contributed by atoms with Crippen molar-refractivity contribution in [2.75, 3.05) is 40.7 Å². The summed E-state index contributed by atoms with van der Waals surface area (Å²) in [4.78, 5) is 60.2. The van der Waals surface area contributed by atoms with Gasteiger partial charge in [0, 0.05) is 38.0 Å². The molecule has 0 saturated heterocycles. The maximum atomic E-state index is 12.5. The monoisotopic (exact) mass is 716 g/mol. The Morgan fingerprint density at radius 2 is 0.867 bits per heavy atom. The maximum absolute atomic E-state index is 12.5. The van der Waals surface area contributed by atoms with Gasteiger partial charge in [-0.05, 0) is 74.9 Å². The lowest BCUT2D eigenvalue weighted by molar-refractivity contribution is 0.135. The van der Waals surface area contributed by atoms with Crippen molar-refractivity contribution in [1.82, 2.24) is 17.2 Å². The van der Waals surface area contributed by atoms with E-state index in [9.17, 15) is 19.2 Å². The normalized spacial score (nSPS) is 11.3. The molecule has 0 radical (unpaired) electrons. The number of hydrogen-bond donors (Lipinski definition) is 0. The summed E-state index contributed by atoms with van der Waals surface area (Å²) >= 11 is 5.69. The Morgan fingerprint density at radius 3 is 1.18 bits per heavy atom. The number of ether oxygens (including phenoxy) is 2. The molecule has 0 saturated carbocycles. The van der Waals surface area contributed by atoms with Gasteiger partial charge in [-0.3, -0.25) is 9.68 Å². The van der Waals surface area contributed by atoms with Crippen molar-refractivity contribution < 1.29 is 38.3 Å². The molecule has 0 unspecified atom stereocenters. The van der Waals surface area contributed by atoms with Crippen LogP contribution in [0.15, 0.2) is 68.6 Å². The average Bonchev–Trinajstić information content (AvgIpc) is 3.03. The molecule has 0 bridgehead atoms. The molecule has 0 fully saturated rings. The highest BCUT2D eigenvalue weighted by Crippen LogP contribution is 2.31. The van der Waals surface area contributed by atoms with Crippen LogP contribution in [-0.2, 0) is 9.68 Å². The van der Waals surface area contributed by atoms with Gasteiger partial charge in [-0.2, -0.15) is 0 Å². The van der Waals surface area contributed by atoms with Crippen molar-refractivity contribution >= 4 is 94.0 Å². The van der Waals surface area contributed by atoms with E-state index in [-0.39, 0.29) is 0 Å². The molecule has 0 N–H and O–H groups in total. The molecule has 19 heteroatoms. The minimum absolute atomic E-state index is 0.313. The molecule has 2 aromatic carbocycles. The zero-order chi connectivity index (χ0) is 33.5. The Balaban J connectivity index is 1.83. The highest BCUT2D eigenvalue weighted by molar-refractivity contribution is 8.13. The predicted molar refractivity (Wildman–Crippen MR) is 181 cm³/mol. The Kier molecular flexibility index (Phi) is 16.1. The molecule has 0 spiro atoms. The molecular weight excluding hydrogens is 685 g/mol. The molecule has 0 aliphatic carbocycles. The number of thioether (sulfide) groups is 2. The summed E-state index contributed by atoms with van der Waals surface area (Å²) in [7, 11) is 5.78. The summed E-state index contributed by atoms with van der Waals surface area (Å²) in [5.41, 5.74) is 0. The number of amides is 4. The van der Waals surface area contributed by atoms with Gasteiger partial charge in [0.05, 0.1) is 24.3 Å². The summed E-state index contributed by atoms with van der Waals surface area (Å²) < 4.78 is 15.2. The van der Waals surface area contributed by atoms with Gasteiger partial charge in [0.25, 0.3) is 0 Å². The lowest BCUT2D eigenvalue weighted by Crippen LogP contribution is -2.30. The van der Waals surface area contributed by atoms with Gasteiger partial charge >= 0.3 is 24.4 Å². The fraction of sp³-hybridized carbons (Fsp3) is 0.308. The van der Waals surface area contributed by atoms with Crippen LogP contribution in [0.4, 0.5) is 19.2 Å². The number of carbonyl (C=O) groups excluding carboxylic acids is 4. The van der Waals surface area contributed by atoms with E-state index in [1.807, 2.05) is 0 Å². The van der Waals surface area contributed by atoms with Gasteiger partial charge in [-0.1, -0.05) is 22.1 Å². The molecule has 0 aromatic heterocycles. The van der Waals surface area contributed by atoms with Gasteiger partial charge in [-0.15, -0.1) is 23.5 Å². The molecule has 45 heavy (non-hydrogen) atoms. The highest BCUT2D eigenvalue weighted by Gasteiger charge is 2.21. The lowest BCUT2D eigenvalue weighted by Gasteiger charge is -2.20. The van der Waals surface area contributed by atoms with Gasteiger partial charge in [0.1, 0.15) is 21.6 Å². The van der Waals surface area contributed by atoms with E-state index < -0.39 is 24.4 Å². The molecule has 0 heterocycles. The summed E-state index contributed by atoms with van der Waals surface area (Å²) in [5.74, 6) is 0.626. The summed E-state index contributed by atoms with van der Waals surface area (Å²) in [6.07, 6.45) is 0.717. The van der Waals surface area contributed by atoms with Crippen LogP contribution < -0.4 is 9.47 Å². The third kappa shape index (κ3) is 13.6. The standard InChI is InChI=1S/C26H32N6O8S5/c1-17(41-7)27-39-25(35)31(5)44-29(3)23(33)37-19-9-13-21(14-10-19)43-22-15-11-20(12-16-22)38-24(34)30(4)45-32(6)26(36)40-28-18(2)42-8/h9-16H,1-8H3. The smallest absolute Gasteiger partial charge is 0.410 e. The van der Waals surface area contributed by atoms with E-state index >= 15 is 0 Å². The Labute approximate surface area is 283 Å². The first-order valence-corrected chi connectivity index (χ1v) is 17.3. The number of carbonyl (C=O) groups is 4. The second-order valence-electron chi connectivity index (χ2n) is 8.28. The predicted octanol–water partition coefficient (Wildman–Crippen LogP) is 7.36. The SMILES string of the molecule is CSC(C)=NOC(=O)N(C)SN(C)C(=O)Oc1ccc(Sc2ccc(OC(=O)N(C)SN(C)C(=O)ON=C(C)SC)cc2)cc1. The van der Waals surface area contributed by atoms with E-state index in [2.05, 4.69) is 10.3 Å². The van der Waals surface area contributed by atoms with Gasteiger partial charge in [0.15, 0.2) is 0 Å². The van der Waals surface area contributed by atoms with E-state index in [0.717, 1.165) is 51.3 Å². The number of oxime groups is 2.